The lowest BCUT2D eigenvalue weighted by atomic mass is 10.1. The van der Waals surface area contributed by atoms with Gasteiger partial charge in [0.1, 0.15) is 0 Å². The molecule has 3 N–H and O–H groups in total. The van der Waals surface area contributed by atoms with Crippen molar-refractivity contribution in [3.05, 3.63) is 0 Å². The number of rotatable bonds is 2. The predicted octanol–water partition coefficient (Wildman–Crippen LogP) is -0.514. The Morgan fingerprint density at radius 1 is 1.75 bits per heavy atom. The molecule has 1 heterocycles. The highest BCUT2D eigenvalue weighted by Gasteiger charge is 2.13. The Balaban J connectivity index is 2.06. The van der Waals surface area contributed by atoms with E-state index < -0.39 is 0 Å². The lowest BCUT2D eigenvalue weighted by Crippen LogP contribution is -2.28. The molecule has 3 nitrogen and oxygen atoms in total. The molecule has 0 spiro atoms. The first kappa shape index (κ1) is 6.01. The molecule has 0 bridgehead atoms. The fourth-order valence-electron chi connectivity index (χ4n) is 0.911. The second-order valence-electron chi connectivity index (χ2n) is 2.14. The zero-order chi connectivity index (χ0) is 5.82. The Kier molecular flexibility index (Phi) is 2.27. The monoisotopic (exact) mass is 116 g/mol. The van der Waals surface area contributed by atoms with Crippen molar-refractivity contribution in [2.24, 2.45) is 11.8 Å². The van der Waals surface area contributed by atoms with Crippen LogP contribution in [0.4, 0.5) is 0 Å². The number of nitrogens with two attached hydrogens (primary N) is 1. The van der Waals surface area contributed by atoms with Crippen LogP contribution in [-0.4, -0.2) is 19.8 Å². The van der Waals surface area contributed by atoms with E-state index in [-0.39, 0.29) is 0 Å². The summed E-state index contributed by atoms with van der Waals surface area (Å²) in [4.78, 5) is 0. The van der Waals surface area contributed by atoms with Crippen LogP contribution in [0.15, 0.2) is 0 Å². The van der Waals surface area contributed by atoms with Crippen molar-refractivity contribution in [2.45, 2.75) is 6.42 Å². The van der Waals surface area contributed by atoms with Crippen molar-refractivity contribution in [1.29, 1.82) is 0 Å². The summed E-state index contributed by atoms with van der Waals surface area (Å²) in [6, 6.07) is 0. The maximum atomic E-state index is 5.11. The summed E-state index contributed by atoms with van der Waals surface area (Å²) in [5.41, 5.74) is 2.63. The molecule has 48 valence electrons. The smallest absolute Gasteiger partial charge is 0.0507 e. The van der Waals surface area contributed by atoms with Crippen molar-refractivity contribution < 1.29 is 4.74 Å². The predicted molar refractivity (Wildman–Crippen MR) is 31.1 cm³/mol. The van der Waals surface area contributed by atoms with E-state index >= 15 is 0 Å². The topological polar surface area (TPSA) is 47.3 Å². The van der Waals surface area contributed by atoms with Crippen molar-refractivity contribution in [1.82, 2.24) is 5.43 Å². The molecule has 1 aliphatic heterocycles. The van der Waals surface area contributed by atoms with Gasteiger partial charge in [0, 0.05) is 13.2 Å². The Morgan fingerprint density at radius 3 is 3.12 bits per heavy atom. The van der Waals surface area contributed by atoms with E-state index in [9.17, 15) is 0 Å². The van der Waals surface area contributed by atoms with E-state index in [1.807, 2.05) is 0 Å². The second kappa shape index (κ2) is 3.02. The maximum Gasteiger partial charge on any atom is 0.0507 e. The number of nitrogens with one attached hydrogen (secondary N) is 1. The molecule has 1 saturated heterocycles. The highest BCUT2D eigenvalue weighted by molar-refractivity contribution is 4.64. The first-order valence-electron chi connectivity index (χ1n) is 2.94. The molecule has 1 fully saturated rings. The first-order valence-corrected chi connectivity index (χ1v) is 2.94. The van der Waals surface area contributed by atoms with Gasteiger partial charge in [-0.3, -0.25) is 11.3 Å². The lowest BCUT2D eigenvalue weighted by Gasteiger charge is -2.02. The van der Waals surface area contributed by atoms with Gasteiger partial charge in [-0.15, -0.1) is 0 Å². The van der Waals surface area contributed by atoms with Gasteiger partial charge in [-0.05, 0) is 12.3 Å². The van der Waals surface area contributed by atoms with Gasteiger partial charge >= 0.3 is 0 Å². The summed E-state index contributed by atoms with van der Waals surface area (Å²) < 4.78 is 5.11. The van der Waals surface area contributed by atoms with Crippen LogP contribution in [0.5, 0.6) is 0 Å². The minimum absolute atomic E-state index is 0.653. The number of ether oxygens (including phenoxy) is 1. The first-order chi connectivity index (χ1) is 3.93. The minimum Gasteiger partial charge on any atom is -0.381 e. The Hall–Kier alpha value is -0.120. The van der Waals surface area contributed by atoms with Gasteiger partial charge in [0.05, 0.1) is 6.61 Å². The van der Waals surface area contributed by atoms with Crippen molar-refractivity contribution in [3.63, 3.8) is 0 Å². The quantitative estimate of drug-likeness (QED) is 0.377. The summed E-state index contributed by atoms with van der Waals surface area (Å²) in [5.74, 6) is 5.76. The zero-order valence-corrected chi connectivity index (χ0v) is 4.89. The third-order valence-electron chi connectivity index (χ3n) is 1.43. The summed E-state index contributed by atoms with van der Waals surface area (Å²) in [6.07, 6.45) is 1.16. The van der Waals surface area contributed by atoms with E-state index in [2.05, 4.69) is 5.43 Å². The summed E-state index contributed by atoms with van der Waals surface area (Å²) in [7, 11) is 0. The lowest BCUT2D eigenvalue weighted by molar-refractivity contribution is 0.185. The normalized spacial score (nSPS) is 28.9. The molecular formula is C5H12N2O. The number of hydrogen-bond acceptors (Lipinski definition) is 3. The van der Waals surface area contributed by atoms with Crippen LogP contribution >= 0.6 is 0 Å². The van der Waals surface area contributed by atoms with Crippen LogP contribution in [0.25, 0.3) is 0 Å². The van der Waals surface area contributed by atoms with Gasteiger partial charge in [-0.25, -0.2) is 0 Å². The van der Waals surface area contributed by atoms with Crippen LogP contribution in [0.3, 0.4) is 0 Å². The summed E-state index contributed by atoms with van der Waals surface area (Å²) in [5, 5.41) is 0. The molecule has 0 radical (unpaired) electrons. The van der Waals surface area contributed by atoms with Crippen molar-refractivity contribution in [2.75, 3.05) is 19.8 Å². The average molecular weight is 116 g/mol. The molecule has 0 amide bonds. The molecule has 0 aromatic carbocycles. The SMILES string of the molecule is NNC[C@H]1CCOC1. The number of hydrogen-bond donors (Lipinski definition) is 2. The van der Waals surface area contributed by atoms with Gasteiger partial charge in [0.2, 0.25) is 0 Å². The van der Waals surface area contributed by atoms with Crippen LogP contribution in [-0.2, 0) is 4.74 Å². The second-order valence-corrected chi connectivity index (χ2v) is 2.14. The molecule has 0 saturated carbocycles. The van der Waals surface area contributed by atoms with Crippen molar-refractivity contribution in [3.8, 4) is 0 Å². The van der Waals surface area contributed by atoms with E-state index in [0.29, 0.717) is 5.92 Å². The Morgan fingerprint density at radius 2 is 2.62 bits per heavy atom. The minimum atomic E-state index is 0.653. The number of hydrazine groups is 1. The molecule has 0 unspecified atom stereocenters. The van der Waals surface area contributed by atoms with Gasteiger partial charge < -0.3 is 4.74 Å². The van der Waals surface area contributed by atoms with Crippen LogP contribution in [0.2, 0.25) is 0 Å². The summed E-state index contributed by atoms with van der Waals surface area (Å²) >= 11 is 0. The third-order valence-corrected chi connectivity index (χ3v) is 1.43. The molecule has 0 aromatic heterocycles. The maximum absolute atomic E-state index is 5.11. The van der Waals surface area contributed by atoms with E-state index in [0.717, 1.165) is 26.2 Å². The average Bonchev–Trinajstić information content (AvgIpc) is 2.19. The molecular weight excluding hydrogens is 104 g/mol. The van der Waals surface area contributed by atoms with Gasteiger partial charge in [-0.2, -0.15) is 0 Å². The largest absolute Gasteiger partial charge is 0.381 e. The Bertz CT molecular complexity index is 61.4. The standard InChI is InChI=1S/C5H12N2O/c6-7-3-5-1-2-8-4-5/h5,7H,1-4,6H2/t5-/m1/s1. The van der Waals surface area contributed by atoms with E-state index in [1.165, 1.54) is 0 Å². The summed E-state index contributed by atoms with van der Waals surface area (Å²) in [6.45, 7) is 2.68. The molecule has 1 atom stereocenters. The molecule has 8 heavy (non-hydrogen) atoms. The van der Waals surface area contributed by atoms with Crippen LogP contribution in [0.1, 0.15) is 6.42 Å². The molecule has 0 aliphatic carbocycles. The fraction of sp³-hybridized carbons (Fsp3) is 1.00. The zero-order valence-electron chi connectivity index (χ0n) is 4.89. The van der Waals surface area contributed by atoms with Crippen LogP contribution in [0, 0.1) is 5.92 Å². The molecule has 1 aliphatic rings. The highest BCUT2D eigenvalue weighted by atomic mass is 16.5. The van der Waals surface area contributed by atoms with Gasteiger partial charge in [-0.1, -0.05) is 0 Å². The highest BCUT2D eigenvalue weighted by Crippen LogP contribution is 2.09. The Labute approximate surface area is 49.2 Å². The van der Waals surface area contributed by atoms with Gasteiger partial charge in [0.15, 0.2) is 0 Å². The third kappa shape index (κ3) is 1.43. The van der Waals surface area contributed by atoms with Crippen molar-refractivity contribution >= 4 is 0 Å². The van der Waals surface area contributed by atoms with Gasteiger partial charge in [0.25, 0.3) is 0 Å². The van der Waals surface area contributed by atoms with Crippen LogP contribution < -0.4 is 11.3 Å². The molecule has 1 rings (SSSR count). The van der Waals surface area contributed by atoms with E-state index in [4.69, 9.17) is 10.6 Å². The molecule has 3 heteroatoms. The molecule has 0 aromatic rings. The van der Waals surface area contributed by atoms with E-state index in [1.54, 1.807) is 0 Å². The fourth-order valence-corrected chi connectivity index (χ4v) is 0.911.